The van der Waals surface area contributed by atoms with E-state index in [2.05, 4.69) is 48.5 Å². The topological polar surface area (TPSA) is 37.0 Å². The molecule has 0 amide bonds. The summed E-state index contributed by atoms with van der Waals surface area (Å²) in [5.74, 6) is 2.53. The highest BCUT2D eigenvalue weighted by Gasteiger charge is 2.27. The van der Waals surface area contributed by atoms with Gasteiger partial charge in [-0.05, 0) is 37.2 Å². The zero-order valence-electron chi connectivity index (χ0n) is 13.2. The van der Waals surface area contributed by atoms with Gasteiger partial charge in [0, 0.05) is 30.5 Å². The highest BCUT2D eigenvalue weighted by molar-refractivity contribution is 5.52. The molecule has 0 saturated heterocycles. The van der Waals surface area contributed by atoms with Crippen molar-refractivity contribution in [1.82, 2.24) is 4.98 Å². The fraction of sp³-hybridized carbons (Fsp3) is 0.706. The molecule has 1 aromatic heterocycles. The number of aromatic nitrogens is 1. The minimum Gasteiger partial charge on any atom is -0.382 e. The first-order valence-corrected chi connectivity index (χ1v) is 8.17. The predicted molar refractivity (Wildman–Crippen MR) is 87.2 cm³/mol. The third kappa shape index (κ3) is 4.12. The average Bonchev–Trinajstić information content (AvgIpc) is 2.46. The second-order valence-corrected chi connectivity index (χ2v) is 6.30. The van der Waals surface area contributed by atoms with Gasteiger partial charge in [-0.3, -0.25) is 0 Å². The third-order valence-corrected chi connectivity index (χ3v) is 4.34. The molecule has 3 nitrogen and oxygen atoms in total. The molecule has 20 heavy (non-hydrogen) atoms. The van der Waals surface area contributed by atoms with Crippen molar-refractivity contribution in [2.24, 2.45) is 11.8 Å². The molecule has 1 aliphatic rings. The average molecular weight is 275 g/mol. The highest BCUT2D eigenvalue weighted by atomic mass is 15.0. The van der Waals surface area contributed by atoms with Crippen LogP contribution in [0.1, 0.15) is 52.9 Å². The summed E-state index contributed by atoms with van der Waals surface area (Å²) < 4.78 is 0. The Balaban J connectivity index is 2.00. The van der Waals surface area contributed by atoms with Gasteiger partial charge in [0.1, 0.15) is 5.82 Å². The van der Waals surface area contributed by atoms with E-state index in [0.717, 1.165) is 30.6 Å². The van der Waals surface area contributed by atoms with E-state index in [4.69, 9.17) is 0 Å². The van der Waals surface area contributed by atoms with Crippen LogP contribution in [0.25, 0.3) is 0 Å². The van der Waals surface area contributed by atoms with Crippen LogP contribution < -0.4 is 10.6 Å². The number of nitrogens with one attached hydrogen (secondary N) is 2. The van der Waals surface area contributed by atoms with E-state index < -0.39 is 0 Å². The molecule has 0 spiro atoms. The lowest BCUT2D eigenvalue weighted by Crippen LogP contribution is -2.35. The van der Waals surface area contributed by atoms with Crippen LogP contribution in [0.2, 0.25) is 0 Å². The maximum Gasteiger partial charge on any atom is 0.127 e. The molecule has 0 bridgehead atoms. The minimum absolute atomic E-state index is 0.616. The summed E-state index contributed by atoms with van der Waals surface area (Å²) in [7, 11) is 0. The fourth-order valence-electron chi connectivity index (χ4n) is 3.22. The van der Waals surface area contributed by atoms with E-state index in [1.807, 2.05) is 6.20 Å². The molecule has 2 atom stereocenters. The smallest absolute Gasteiger partial charge is 0.127 e. The van der Waals surface area contributed by atoms with Crippen molar-refractivity contribution in [3.63, 3.8) is 0 Å². The Morgan fingerprint density at radius 3 is 2.85 bits per heavy atom. The number of nitrogens with zero attached hydrogens (tertiary/aromatic N) is 1. The number of pyridine rings is 1. The monoisotopic (exact) mass is 275 g/mol. The molecule has 0 aliphatic heterocycles. The molecule has 0 radical (unpaired) electrons. The summed E-state index contributed by atoms with van der Waals surface area (Å²) in [6, 6.07) is 4.84. The summed E-state index contributed by atoms with van der Waals surface area (Å²) in [6.45, 7) is 7.86. The molecule has 1 saturated carbocycles. The minimum atomic E-state index is 0.616. The zero-order valence-corrected chi connectivity index (χ0v) is 13.2. The van der Waals surface area contributed by atoms with Crippen molar-refractivity contribution >= 4 is 11.5 Å². The summed E-state index contributed by atoms with van der Waals surface area (Å²) in [4.78, 5) is 4.37. The first-order chi connectivity index (χ1) is 9.70. The second-order valence-electron chi connectivity index (χ2n) is 6.30. The van der Waals surface area contributed by atoms with Gasteiger partial charge in [-0.15, -0.1) is 0 Å². The van der Waals surface area contributed by atoms with E-state index in [0.29, 0.717) is 6.04 Å². The van der Waals surface area contributed by atoms with Gasteiger partial charge in [-0.2, -0.15) is 0 Å². The van der Waals surface area contributed by atoms with Crippen molar-refractivity contribution < 1.29 is 0 Å². The number of hydrogen-bond acceptors (Lipinski definition) is 3. The van der Waals surface area contributed by atoms with E-state index in [9.17, 15) is 0 Å². The maximum absolute atomic E-state index is 4.37. The summed E-state index contributed by atoms with van der Waals surface area (Å²) in [5.41, 5.74) is 1.20. The Morgan fingerprint density at radius 2 is 2.10 bits per heavy atom. The highest BCUT2D eigenvalue weighted by Crippen LogP contribution is 2.32. The molecule has 2 N–H and O–H groups in total. The molecule has 2 rings (SSSR count). The van der Waals surface area contributed by atoms with Gasteiger partial charge < -0.3 is 10.6 Å². The lowest BCUT2D eigenvalue weighted by Gasteiger charge is -2.35. The first-order valence-electron chi connectivity index (χ1n) is 8.17. The van der Waals surface area contributed by atoms with Crippen LogP contribution >= 0.6 is 0 Å². The largest absolute Gasteiger partial charge is 0.382 e. The Kier molecular flexibility index (Phi) is 5.69. The van der Waals surface area contributed by atoms with E-state index in [1.54, 1.807) is 0 Å². The van der Waals surface area contributed by atoms with Gasteiger partial charge in [0.2, 0.25) is 0 Å². The second kappa shape index (κ2) is 7.51. The van der Waals surface area contributed by atoms with Crippen LogP contribution in [0.4, 0.5) is 11.5 Å². The van der Waals surface area contributed by atoms with E-state index >= 15 is 0 Å². The van der Waals surface area contributed by atoms with E-state index in [-0.39, 0.29) is 0 Å². The quantitative estimate of drug-likeness (QED) is 0.801. The Bertz CT molecular complexity index is 403. The van der Waals surface area contributed by atoms with Gasteiger partial charge in [-0.25, -0.2) is 4.98 Å². The van der Waals surface area contributed by atoms with Gasteiger partial charge >= 0.3 is 0 Å². The lowest BCUT2D eigenvalue weighted by molar-refractivity contribution is 0.254. The number of hydrogen-bond donors (Lipinski definition) is 2. The van der Waals surface area contributed by atoms with Gasteiger partial charge in [0.15, 0.2) is 0 Å². The summed E-state index contributed by atoms with van der Waals surface area (Å²) in [5, 5.41) is 7.10. The first kappa shape index (κ1) is 15.1. The normalized spacial score (nSPS) is 22.8. The SMILES string of the molecule is CCCNc1cc(NC2CCCCC2C(C)C)ccn1. The third-order valence-electron chi connectivity index (χ3n) is 4.34. The van der Waals surface area contributed by atoms with Crippen LogP contribution in [-0.2, 0) is 0 Å². The Labute approximate surface area is 123 Å². The van der Waals surface area contributed by atoms with Crippen LogP contribution in [0, 0.1) is 11.8 Å². The molecule has 3 heteroatoms. The fourth-order valence-corrected chi connectivity index (χ4v) is 3.22. The van der Waals surface area contributed by atoms with Crippen LogP contribution in [-0.4, -0.2) is 17.6 Å². The molecule has 1 fully saturated rings. The molecular weight excluding hydrogens is 246 g/mol. The number of anilines is 2. The maximum atomic E-state index is 4.37. The Hall–Kier alpha value is -1.25. The van der Waals surface area contributed by atoms with Crippen LogP contribution in [0.5, 0.6) is 0 Å². The molecule has 0 aromatic carbocycles. The predicted octanol–water partition coefficient (Wildman–Crippen LogP) is 4.53. The van der Waals surface area contributed by atoms with Crippen molar-refractivity contribution in [2.45, 2.75) is 58.9 Å². The molecule has 112 valence electrons. The molecule has 2 unspecified atom stereocenters. The van der Waals surface area contributed by atoms with Crippen LogP contribution in [0.3, 0.4) is 0 Å². The molecule has 1 aromatic rings. The van der Waals surface area contributed by atoms with Gasteiger partial charge in [-0.1, -0.05) is 33.6 Å². The van der Waals surface area contributed by atoms with Crippen molar-refractivity contribution in [2.75, 3.05) is 17.2 Å². The molecule has 1 heterocycles. The lowest BCUT2D eigenvalue weighted by atomic mass is 9.78. The van der Waals surface area contributed by atoms with Gasteiger partial charge in [0.25, 0.3) is 0 Å². The van der Waals surface area contributed by atoms with Crippen LogP contribution in [0.15, 0.2) is 18.3 Å². The summed E-state index contributed by atoms with van der Waals surface area (Å²) >= 11 is 0. The summed E-state index contributed by atoms with van der Waals surface area (Å²) in [6.07, 6.45) is 8.42. The van der Waals surface area contributed by atoms with E-state index in [1.165, 1.54) is 31.4 Å². The molecule has 1 aliphatic carbocycles. The molecular formula is C17H29N3. The van der Waals surface area contributed by atoms with Gasteiger partial charge in [0.05, 0.1) is 0 Å². The number of rotatable bonds is 6. The van der Waals surface area contributed by atoms with Crippen molar-refractivity contribution in [3.8, 4) is 0 Å². The zero-order chi connectivity index (χ0) is 14.4. The Morgan fingerprint density at radius 1 is 1.30 bits per heavy atom. The van der Waals surface area contributed by atoms with Crippen molar-refractivity contribution in [3.05, 3.63) is 18.3 Å². The van der Waals surface area contributed by atoms with Crippen molar-refractivity contribution in [1.29, 1.82) is 0 Å². The standard InChI is InChI=1S/C17H29N3/c1-4-10-18-17-12-14(9-11-19-17)20-16-8-6-5-7-15(16)13(2)3/h9,11-13,15-16H,4-8,10H2,1-3H3,(H2,18,19,20).